The van der Waals surface area contributed by atoms with E-state index in [0.29, 0.717) is 12.5 Å². The number of rotatable bonds is 9. The van der Waals surface area contributed by atoms with Gasteiger partial charge in [0.2, 0.25) is 10.0 Å². The molecular formula is C12H28N2O2S. The highest BCUT2D eigenvalue weighted by atomic mass is 32.2. The SMILES string of the molecule is CCCNCC(C)S(=O)(=O)NC(C)CC(C)C. The van der Waals surface area contributed by atoms with Crippen LogP contribution in [-0.4, -0.2) is 32.8 Å². The lowest BCUT2D eigenvalue weighted by Crippen LogP contribution is -2.43. The molecule has 5 heteroatoms. The Morgan fingerprint density at radius 2 is 1.71 bits per heavy atom. The Hall–Kier alpha value is -0.130. The smallest absolute Gasteiger partial charge is 0.215 e. The van der Waals surface area contributed by atoms with Gasteiger partial charge in [-0.25, -0.2) is 13.1 Å². The summed E-state index contributed by atoms with van der Waals surface area (Å²) in [4.78, 5) is 0. The van der Waals surface area contributed by atoms with Crippen LogP contribution in [0.25, 0.3) is 0 Å². The van der Waals surface area contributed by atoms with Gasteiger partial charge in [-0.1, -0.05) is 20.8 Å². The van der Waals surface area contributed by atoms with Crippen molar-refractivity contribution in [2.45, 2.75) is 58.8 Å². The third kappa shape index (κ3) is 7.73. The van der Waals surface area contributed by atoms with E-state index in [9.17, 15) is 8.42 Å². The van der Waals surface area contributed by atoms with Crippen molar-refractivity contribution in [3.63, 3.8) is 0 Å². The third-order valence-corrected chi connectivity index (χ3v) is 4.54. The van der Waals surface area contributed by atoms with Crippen LogP contribution in [0.5, 0.6) is 0 Å². The second kappa shape index (κ2) is 8.06. The largest absolute Gasteiger partial charge is 0.315 e. The predicted octanol–water partition coefficient (Wildman–Crippen LogP) is 1.73. The van der Waals surface area contributed by atoms with Crippen molar-refractivity contribution < 1.29 is 8.42 Å². The van der Waals surface area contributed by atoms with Gasteiger partial charge in [0.1, 0.15) is 0 Å². The summed E-state index contributed by atoms with van der Waals surface area (Å²) in [5, 5.41) is 2.75. The maximum absolute atomic E-state index is 12.0. The Morgan fingerprint density at radius 1 is 1.12 bits per heavy atom. The van der Waals surface area contributed by atoms with Gasteiger partial charge in [0.15, 0.2) is 0 Å². The lowest BCUT2D eigenvalue weighted by molar-refractivity contribution is 0.477. The molecule has 0 aromatic rings. The minimum absolute atomic E-state index is 0.00799. The zero-order valence-electron chi connectivity index (χ0n) is 11.8. The van der Waals surface area contributed by atoms with Gasteiger partial charge in [-0.3, -0.25) is 0 Å². The van der Waals surface area contributed by atoms with Crippen molar-refractivity contribution in [2.75, 3.05) is 13.1 Å². The number of hydrogen-bond acceptors (Lipinski definition) is 3. The minimum Gasteiger partial charge on any atom is -0.315 e. The standard InChI is InChI=1S/C12H28N2O2S/c1-6-7-13-9-12(5)17(15,16)14-11(4)8-10(2)3/h10-14H,6-9H2,1-5H3. The van der Waals surface area contributed by atoms with Crippen LogP contribution in [0.15, 0.2) is 0 Å². The molecule has 0 aromatic carbocycles. The zero-order valence-corrected chi connectivity index (χ0v) is 12.6. The monoisotopic (exact) mass is 264 g/mol. The van der Waals surface area contributed by atoms with E-state index < -0.39 is 10.0 Å². The fraction of sp³-hybridized carbons (Fsp3) is 1.00. The Bertz CT molecular complexity index is 289. The van der Waals surface area contributed by atoms with Gasteiger partial charge in [-0.05, 0) is 39.2 Å². The Kier molecular flexibility index (Phi) is 8.00. The Balaban J connectivity index is 4.17. The summed E-state index contributed by atoms with van der Waals surface area (Å²) in [5.41, 5.74) is 0. The Morgan fingerprint density at radius 3 is 2.18 bits per heavy atom. The minimum atomic E-state index is -3.20. The molecule has 0 rings (SSSR count). The van der Waals surface area contributed by atoms with Crippen LogP contribution in [0.3, 0.4) is 0 Å². The topological polar surface area (TPSA) is 58.2 Å². The van der Waals surface area contributed by atoms with Crippen molar-refractivity contribution in [1.29, 1.82) is 0 Å². The van der Waals surface area contributed by atoms with E-state index in [0.717, 1.165) is 19.4 Å². The molecule has 0 saturated carbocycles. The molecule has 0 bridgehead atoms. The van der Waals surface area contributed by atoms with Crippen LogP contribution < -0.4 is 10.0 Å². The molecule has 0 aromatic heterocycles. The molecule has 4 nitrogen and oxygen atoms in total. The average Bonchev–Trinajstić information content (AvgIpc) is 2.15. The molecule has 0 aliphatic rings. The summed E-state index contributed by atoms with van der Waals surface area (Å²) >= 11 is 0. The Labute approximate surface area is 107 Å². The van der Waals surface area contributed by atoms with E-state index in [1.807, 2.05) is 6.92 Å². The molecule has 0 fully saturated rings. The van der Waals surface area contributed by atoms with E-state index in [-0.39, 0.29) is 11.3 Å². The molecule has 104 valence electrons. The average molecular weight is 264 g/mol. The first-order valence-electron chi connectivity index (χ1n) is 6.51. The maximum atomic E-state index is 12.0. The summed E-state index contributed by atoms with van der Waals surface area (Å²) < 4.78 is 26.7. The van der Waals surface area contributed by atoms with Gasteiger partial charge in [-0.2, -0.15) is 0 Å². The molecule has 0 radical (unpaired) electrons. The van der Waals surface area contributed by atoms with Gasteiger partial charge >= 0.3 is 0 Å². The van der Waals surface area contributed by atoms with Crippen LogP contribution >= 0.6 is 0 Å². The summed E-state index contributed by atoms with van der Waals surface area (Å²) in [7, 11) is -3.20. The molecule has 0 saturated heterocycles. The predicted molar refractivity (Wildman–Crippen MR) is 73.6 cm³/mol. The van der Waals surface area contributed by atoms with E-state index in [1.54, 1.807) is 6.92 Å². The third-order valence-electron chi connectivity index (χ3n) is 2.58. The van der Waals surface area contributed by atoms with E-state index in [4.69, 9.17) is 0 Å². The summed E-state index contributed by atoms with van der Waals surface area (Å²) in [6, 6.07) is 0.00799. The van der Waals surface area contributed by atoms with Crippen molar-refractivity contribution >= 4 is 10.0 Å². The van der Waals surface area contributed by atoms with Gasteiger partial charge < -0.3 is 5.32 Å². The van der Waals surface area contributed by atoms with Crippen LogP contribution in [0.1, 0.15) is 47.5 Å². The molecule has 2 N–H and O–H groups in total. The van der Waals surface area contributed by atoms with Crippen molar-refractivity contribution in [1.82, 2.24) is 10.0 Å². The second-order valence-corrected chi connectivity index (χ2v) is 7.34. The van der Waals surface area contributed by atoms with Gasteiger partial charge in [0.05, 0.1) is 5.25 Å². The molecule has 0 aliphatic heterocycles. The summed E-state index contributed by atoms with van der Waals surface area (Å²) in [6.45, 7) is 11.3. The van der Waals surface area contributed by atoms with E-state index in [1.165, 1.54) is 0 Å². The van der Waals surface area contributed by atoms with E-state index in [2.05, 4.69) is 30.8 Å². The van der Waals surface area contributed by atoms with Gasteiger partial charge in [-0.15, -0.1) is 0 Å². The van der Waals surface area contributed by atoms with Crippen molar-refractivity contribution in [3.8, 4) is 0 Å². The first kappa shape index (κ1) is 16.9. The van der Waals surface area contributed by atoms with Crippen LogP contribution in [0, 0.1) is 5.92 Å². The first-order valence-corrected chi connectivity index (χ1v) is 8.06. The molecule has 0 heterocycles. The highest BCUT2D eigenvalue weighted by Crippen LogP contribution is 2.07. The molecule has 0 spiro atoms. The molecule has 2 atom stereocenters. The van der Waals surface area contributed by atoms with Gasteiger partial charge in [0, 0.05) is 12.6 Å². The number of sulfonamides is 1. The van der Waals surface area contributed by atoms with E-state index >= 15 is 0 Å². The number of hydrogen-bond donors (Lipinski definition) is 2. The molecule has 2 unspecified atom stereocenters. The highest BCUT2D eigenvalue weighted by Gasteiger charge is 2.22. The van der Waals surface area contributed by atoms with Crippen LogP contribution in [0.4, 0.5) is 0 Å². The van der Waals surface area contributed by atoms with Crippen molar-refractivity contribution in [2.24, 2.45) is 5.92 Å². The summed E-state index contributed by atoms with van der Waals surface area (Å²) in [5.74, 6) is 0.501. The second-order valence-electron chi connectivity index (χ2n) is 5.21. The zero-order chi connectivity index (χ0) is 13.5. The van der Waals surface area contributed by atoms with Gasteiger partial charge in [0.25, 0.3) is 0 Å². The molecule has 0 aliphatic carbocycles. The lowest BCUT2D eigenvalue weighted by Gasteiger charge is -2.20. The fourth-order valence-corrected chi connectivity index (χ4v) is 2.97. The number of nitrogens with one attached hydrogen (secondary N) is 2. The summed E-state index contributed by atoms with van der Waals surface area (Å²) in [6.07, 6.45) is 1.89. The van der Waals surface area contributed by atoms with Crippen molar-refractivity contribution in [3.05, 3.63) is 0 Å². The van der Waals surface area contributed by atoms with Crippen LogP contribution in [0.2, 0.25) is 0 Å². The molecule has 0 amide bonds. The molecular weight excluding hydrogens is 236 g/mol. The van der Waals surface area contributed by atoms with Crippen LogP contribution in [-0.2, 0) is 10.0 Å². The maximum Gasteiger partial charge on any atom is 0.215 e. The normalized spacial score (nSPS) is 16.1. The highest BCUT2D eigenvalue weighted by molar-refractivity contribution is 7.90. The fourth-order valence-electron chi connectivity index (χ4n) is 1.74. The lowest BCUT2D eigenvalue weighted by atomic mass is 10.1. The quantitative estimate of drug-likeness (QED) is 0.624. The first-order chi connectivity index (χ1) is 7.79. The molecule has 17 heavy (non-hydrogen) atoms.